The first-order chi connectivity index (χ1) is 6.66. The second kappa shape index (κ2) is 3.55. The lowest BCUT2D eigenvalue weighted by Crippen LogP contribution is -2.03. The fourth-order valence-electron chi connectivity index (χ4n) is 1.05. The van der Waals surface area contributed by atoms with Gasteiger partial charge in [-0.2, -0.15) is 5.10 Å². The third-order valence-electron chi connectivity index (χ3n) is 1.78. The number of hydrogen-bond donors (Lipinski definition) is 1. The van der Waals surface area contributed by atoms with Gasteiger partial charge in [0.15, 0.2) is 0 Å². The first kappa shape index (κ1) is 9.42. The predicted octanol–water partition coefficient (Wildman–Crippen LogP) is 1.33. The van der Waals surface area contributed by atoms with Gasteiger partial charge in [-0.1, -0.05) is 16.1 Å². The van der Waals surface area contributed by atoms with Crippen LogP contribution in [0.5, 0.6) is 0 Å². The fraction of sp³-hybridized carbons (Fsp3) is 0.286. The third-order valence-corrected chi connectivity index (χ3v) is 2.75. The molecule has 2 N–H and O–H groups in total. The molecule has 2 heterocycles. The van der Waals surface area contributed by atoms with Crippen molar-refractivity contribution in [1.29, 1.82) is 0 Å². The Bertz CT molecular complexity index is 429. The summed E-state index contributed by atoms with van der Waals surface area (Å²) in [5.41, 5.74) is 7.18. The van der Waals surface area contributed by atoms with Crippen molar-refractivity contribution in [2.45, 2.75) is 13.5 Å². The zero-order valence-electron chi connectivity index (χ0n) is 7.44. The quantitative estimate of drug-likeness (QED) is 0.844. The van der Waals surface area contributed by atoms with Gasteiger partial charge in [0.1, 0.15) is 10.7 Å². The van der Waals surface area contributed by atoms with E-state index in [0.717, 1.165) is 11.4 Å². The predicted molar refractivity (Wildman–Crippen MR) is 55.4 cm³/mol. The van der Waals surface area contributed by atoms with E-state index in [0.29, 0.717) is 16.6 Å². The van der Waals surface area contributed by atoms with Gasteiger partial charge in [0.25, 0.3) is 0 Å². The average molecular weight is 230 g/mol. The molecule has 0 saturated heterocycles. The van der Waals surface area contributed by atoms with Crippen molar-refractivity contribution in [2.75, 3.05) is 5.73 Å². The van der Waals surface area contributed by atoms with E-state index in [9.17, 15) is 0 Å². The number of hydrogen-bond acceptors (Lipinski definition) is 5. The van der Waals surface area contributed by atoms with E-state index in [2.05, 4.69) is 14.7 Å². The second-order valence-corrected chi connectivity index (χ2v) is 4.04. The lowest BCUT2D eigenvalue weighted by molar-refractivity contribution is 0.665. The highest BCUT2D eigenvalue weighted by Gasteiger charge is 2.07. The fourth-order valence-corrected chi connectivity index (χ4v) is 1.64. The smallest absolute Gasteiger partial charge is 0.132 e. The maximum Gasteiger partial charge on any atom is 0.132 e. The topological polar surface area (TPSA) is 69.6 Å². The third kappa shape index (κ3) is 1.71. The van der Waals surface area contributed by atoms with E-state index in [1.165, 1.54) is 11.5 Å². The van der Waals surface area contributed by atoms with E-state index < -0.39 is 0 Å². The van der Waals surface area contributed by atoms with Crippen molar-refractivity contribution in [3.05, 3.63) is 22.6 Å². The molecule has 7 heteroatoms. The maximum absolute atomic E-state index is 5.86. The average Bonchev–Trinajstić information content (AvgIpc) is 2.63. The van der Waals surface area contributed by atoms with E-state index >= 15 is 0 Å². The monoisotopic (exact) mass is 229 g/mol. The summed E-state index contributed by atoms with van der Waals surface area (Å²) in [7, 11) is 0. The van der Waals surface area contributed by atoms with Crippen molar-refractivity contribution in [3.8, 4) is 0 Å². The van der Waals surface area contributed by atoms with Crippen molar-refractivity contribution >= 4 is 28.1 Å². The van der Waals surface area contributed by atoms with E-state index in [1.807, 2.05) is 6.92 Å². The van der Waals surface area contributed by atoms with Crippen LogP contribution in [0.25, 0.3) is 0 Å². The minimum absolute atomic E-state index is 0.510. The van der Waals surface area contributed by atoms with Crippen molar-refractivity contribution < 1.29 is 0 Å². The highest BCUT2D eigenvalue weighted by molar-refractivity contribution is 7.09. The van der Waals surface area contributed by atoms with Crippen LogP contribution in [0.3, 0.4) is 0 Å². The minimum atomic E-state index is 0.510. The molecule has 0 aliphatic carbocycles. The highest BCUT2D eigenvalue weighted by atomic mass is 35.5. The summed E-state index contributed by atoms with van der Waals surface area (Å²) in [6, 6.07) is 0. The van der Waals surface area contributed by atoms with Crippen molar-refractivity contribution in [1.82, 2.24) is 19.4 Å². The molecule has 74 valence electrons. The van der Waals surface area contributed by atoms with Gasteiger partial charge < -0.3 is 5.73 Å². The number of aromatic nitrogens is 4. The van der Waals surface area contributed by atoms with Crippen LogP contribution in [0.2, 0.25) is 5.02 Å². The second-order valence-electron chi connectivity index (χ2n) is 2.84. The molecular weight excluding hydrogens is 222 g/mol. The number of rotatable bonds is 2. The zero-order valence-corrected chi connectivity index (χ0v) is 9.01. The Morgan fingerprint density at radius 1 is 1.64 bits per heavy atom. The molecule has 0 radical (unpaired) electrons. The maximum atomic E-state index is 5.86. The van der Waals surface area contributed by atoms with Crippen LogP contribution >= 0.6 is 23.1 Å². The number of nitrogens with zero attached hydrogens (tertiary/aromatic N) is 4. The van der Waals surface area contributed by atoms with Crippen LogP contribution in [0.1, 0.15) is 11.4 Å². The van der Waals surface area contributed by atoms with Crippen LogP contribution in [0.4, 0.5) is 5.00 Å². The Kier molecular flexibility index (Phi) is 2.39. The van der Waals surface area contributed by atoms with Crippen molar-refractivity contribution in [3.63, 3.8) is 0 Å². The number of halogens is 1. The summed E-state index contributed by atoms with van der Waals surface area (Å²) in [5.74, 6) is 0. The summed E-state index contributed by atoms with van der Waals surface area (Å²) < 4.78 is 5.44. The standard InChI is InChI=1S/C7H8ClN5S/c1-4-5(8)2-13(11-4)3-6-7(9)14-12-10-6/h2H,3,9H2,1H3. The Balaban J connectivity index is 2.23. The van der Waals surface area contributed by atoms with Gasteiger partial charge >= 0.3 is 0 Å². The summed E-state index contributed by atoms with van der Waals surface area (Å²) in [4.78, 5) is 0. The Morgan fingerprint density at radius 2 is 2.43 bits per heavy atom. The van der Waals surface area contributed by atoms with Crippen molar-refractivity contribution in [2.24, 2.45) is 0 Å². The SMILES string of the molecule is Cc1nn(Cc2nnsc2N)cc1Cl. The first-order valence-corrected chi connectivity index (χ1v) is 5.08. The highest BCUT2D eigenvalue weighted by Crippen LogP contribution is 2.16. The molecule has 0 aliphatic heterocycles. The van der Waals surface area contributed by atoms with Gasteiger partial charge in [-0.05, 0) is 6.92 Å². The van der Waals surface area contributed by atoms with Crippen LogP contribution in [0, 0.1) is 6.92 Å². The molecule has 2 rings (SSSR count). The van der Waals surface area contributed by atoms with Gasteiger partial charge in [-0.3, -0.25) is 4.68 Å². The number of nitrogen functional groups attached to an aromatic ring is 1. The minimum Gasteiger partial charge on any atom is -0.388 e. The van der Waals surface area contributed by atoms with Crippen LogP contribution in [0.15, 0.2) is 6.20 Å². The Morgan fingerprint density at radius 3 is 2.93 bits per heavy atom. The van der Waals surface area contributed by atoms with Gasteiger partial charge in [-0.25, -0.2) is 0 Å². The van der Waals surface area contributed by atoms with Gasteiger partial charge in [-0.15, -0.1) is 5.10 Å². The zero-order chi connectivity index (χ0) is 10.1. The summed E-state index contributed by atoms with van der Waals surface area (Å²) in [5, 5.41) is 9.35. The molecule has 0 amide bonds. The number of nitrogens with two attached hydrogens (primary N) is 1. The molecule has 0 spiro atoms. The van der Waals surface area contributed by atoms with Crippen LogP contribution in [-0.2, 0) is 6.54 Å². The van der Waals surface area contributed by atoms with E-state index in [4.69, 9.17) is 17.3 Å². The first-order valence-electron chi connectivity index (χ1n) is 3.93. The number of aryl methyl sites for hydroxylation is 1. The molecule has 0 aliphatic rings. The molecule has 0 unspecified atom stereocenters. The summed E-state index contributed by atoms with van der Waals surface area (Å²) >= 11 is 7.04. The molecule has 0 fully saturated rings. The molecule has 5 nitrogen and oxygen atoms in total. The van der Waals surface area contributed by atoms with Crippen LogP contribution in [-0.4, -0.2) is 19.4 Å². The molecule has 0 saturated carbocycles. The lowest BCUT2D eigenvalue weighted by atomic mass is 10.4. The van der Waals surface area contributed by atoms with Gasteiger partial charge in [0.05, 0.1) is 17.3 Å². The number of anilines is 1. The largest absolute Gasteiger partial charge is 0.388 e. The molecule has 0 bridgehead atoms. The molecule has 2 aromatic rings. The molecule has 14 heavy (non-hydrogen) atoms. The van der Waals surface area contributed by atoms with E-state index in [-0.39, 0.29) is 0 Å². The molecule has 2 aromatic heterocycles. The summed E-state index contributed by atoms with van der Waals surface area (Å²) in [6.45, 7) is 2.36. The lowest BCUT2D eigenvalue weighted by Gasteiger charge is -1.96. The van der Waals surface area contributed by atoms with E-state index in [1.54, 1.807) is 10.9 Å². The van der Waals surface area contributed by atoms with Gasteiger partial charge in [0.2, 0.25) is 0 Å². The normalized spacial score (nSPS) is 10.7. The van der Waals surface area contributed by atoms with Crippen LogP contribution < -0.4 is 5.73 Å². The Labute approximate surface area is 89.7 Å². The summed E-state index contributed by atoms with van der Waals surface area (Å²) in [6.07, 6.45) is 1.75. The molecule has 0 aromatic carbocycles. The molecule has 0 atom stereocenters. The van der Waals surface area contributed by atoms with Gasteiger partial charge in [0, 0.05) is 17.7 Å². The molecular formula is C7H8ClN5S. The Hall–Kier alpha value is -1.14.